The molecule has 0 aromatic heterocycles. The molecule has 16 heavy (non-hydrogen) atoms. The number of hydrogen-bond acceptors (Lipinski definition) is 2. The molecular formula is C14H20O2. The van der Waals surface area contributed by atoms with E-state index in [2.05, 4.69) is 26.0 Å². The Hall–Kier alpha value is -0.860. The Bertz CT molecular complexity index is 319. The van der Waals surface area contributed by atoms with Crippen molar-refractivity contribution >= 4 is 0 Å². The minimum atomic E-state index is 0.0424. The van der Waals surface area contributed by atoms with Gasteiger partial charge in [0, 0.05) is 0 Å². The van der Waals surface area contributed by atoms with Crippen molar-refractivity contribution < 1.29 is 9.47 Å². The van der Waals surface area contributed by atoms with Crippen molar-refractivity contribution in [1.82, 2.24) is 0 Å². The van der Waals surface area contributed by atoms with Crippen molar-refractivity contribution in [3.05, 3.63) is 35.9 Å². The van der Waals surface area contributed by atoms with Gasteiger partial charge in [-0.15, -0.1) is 0 Å². The zero-order chi connectivity index (χ0) is 11.4. The molecular weight excluding hydrogens is 200 g/mol. The molecule has 2 rings (SSSR count). The molecule has 0 bridgehead atoms. The van der Waals surface area contributed by atoms with Crippen LogP contribution >= 0.6 is 0 Å². The van der Waals surface area contributed by atoms with Crippen molar-refractivity contribution in [3.8, 4) is 0 Å². The molecule has 1 aliphatic heterocycles. The van der Waals surface area contributed by atoms with Gasteiger partial charge in [-0.3, -0.25) is 0 Å². The Balaban J connectivity index is 1.70. The Morgan fingerprint density at radius 2 is 2.06 bits per heavy atom. The molecule has 0 spiro atoms. The van der Waals surface area contributed by atoms with Crippen molar-refractivity contribution in [1.29, 1.82) is 0 Å². The van der Waals surface area contributed by atoms with Crippen molar-refractivity contribution in [2.45, 2.75) is 45.0 Å². The second-order valence-corrected chi connectivity index (χ2v) is 5.04. The summed E-state index contributed by atoms with van der Waals surface area (Å²) in [6.07, 6.45) is 2.52. The highest BCUT2D eigenvalue weighted by Gasteiger charge is 2.31. The third kappa shape index (κ3) is 3.32. The van der Waals surface area contributed by atoms with E-state index >= 15 is 0 Å². The van der Waals surface area contributed by atoms with Gasteiger partial charge in [0.15, 0.2) is 0 Å². The van der Waals surface area contributed by atoms with Crippen LogP contribution in [0.4, 0.5) is 0 Å². The van der Waals surface area contributed by atoms with E-state index in [0.717, 1.165) is 12.8 Å². The fourth-order valence-electron chi connectivity index (χ4n) is 2.08. The zero-order valence-electron chi connectivity index (χ0n) is 10.1. The van der Waals surface area contributed by atoms with Crippen molar-refractivity contribution in [3.63, 3.8) is 0 Å². The summed E-state index contributed by atoms with van der Waals surface area (Å²) in [5, 5.41) is 0. The maximum absolute atomic E-state index is 5.86. The largest absolute Gasteiger partial charge is 0.374 e. The predicted octanol–water partition coefficient (Wildman–Crippen LogP) is 3.16. The highest BCUT2D eigenvalue weighted by atomic mass is 16.5. The van der Waals surface area contributed by atoms with Gasteiger partial charge in [-0.2, -0.15) is 0 Å². The van der Waals surface area contributed by atoms with E-state index in [1.165, 1.54) is 5.56 Å². The molecule has 0 radical (unpaired) electrons. The van der Waals surface area contributed by atoms with E-state index in [9.17, 15) is 0 Å². The van der Waals surface area contributed by atoms with E-state index in [1.807, 2.05) is 18.2 Å². The van der Waals surface area contributed by atoms with Gasteiger partial charge in [-0.05, 0) is 32.3 Å². The maximum Gasteiger partial charge on any atom is 0.0817 e. The van der Waals surface area contributed by atoms with Crippen LogP contribution in [0.5, 0.6) is 0 Å². The average molecular weight is 220 g/mol. The molecule has 1 unspecified atom stereocenters. The van der Waals surface area contributed by atoms with Crippen LogP contribution in [0.15, 0.2) is 30.3 Å². The standard InChI is InChI=1S/C14H20O2/c1-14(2)9-8-13(16-14)11-15-10-12-6-4-3-5-7-12/h3-7,13H,8-11H2,1-2H3. The molecule has 0 aliphatic carbocycles. The third-order valence-corrected chi connectivity index (χ3v) is 2.97. The lowest BCUT2D eigenvalue weighted by Crippen LogP contribution is -2.22. The average Bonchev–Trinajstić information content (AvgIpc) is 2.60. The predicted molar refractivity (Wildman–Crippen MR) is 64.3 cm³/mol. The fraction of sp³-hybridized carbons (Fsp3) is 0.571. The first kappa shape index (κ1) is 11.6. The molecule has 1 aliphatic rings. The lowest BCUT2D eigenvalue weighted by molar-refractivity contribution is -0.0562. The van der Waals surface area contributed by atoms with Gasteiger partial charge < -0.3 is 9.47 Å². The lowest BCUT2D eigenvalue weighted by atomic mass is 10.1. The quantitative estimate of drug-likeness (QED) is 0.776. The normalized spacial score (nSPS) is 23.5. The number of benzene rings is 1. The zero-order valence-corrected chi connectivity index (χ0v) is 10.1. The summed E-state index contributed by atoms with van der Waals surface area (Å²) in [7, 11) is 0. The Labute approximate surface area is 97.6 Å². The molecule has 1 fully saturated rings. The van der Waals surface area contributed by atoms with Crippen LogP contribution in [0.1, 0.15) is 32.3 Å². The van der Waals surface area contributed by atoms with Gasteiger partial charge in [0.1, 0.15) is 0 Å². The van der Waals surface area contributed by atoms with E-state index < -0.39 is 0 Å². The lowest BCUT2D eigenvalue weighted by Gasteiger charge is -2.19. The highest BCUT2D eigenvalue weighted by Crippen LogP contribution is 2.29. The molecule has 2 nitrogen and oxygen atoms in total. The highest BCUT2D eigenvalue weighted by molar-refractivity contribution is 5.13. The Morgan fingerprint density at radius 3 is 2.69 bits per heavy atom. The van der Waals surface area contributed by atoms with Crippen LogP contribution in [-0.4, -0.2) is 18.3 Å². The van der Waals surface area contributed by atoms with Crippen molar-refractivity contribution in [2.75, 3.05) is 6.61 Å². The van der Waals surface area contributed by atoms with Crippen LogP contribution in [0.25, 0.3) is 0 Å². The van der Waals surface area contributed by atoms with E-state index in [4.69, 9.17) is 9.47 Å². The van der Waals surface area contributed by atoms with Crippen molar-refractivity contribution in [2.24, 2.45) is 0 Å². The summed E-state index contributed by atoms with van der Waals surface area (Å²) in [6, 6.07) is 10.3. The van der Waals surface area contributed by atoms with Crippen LogP contribution in [0.3, 0.4) is 0 Å². The van der Waals surface area contributed by atoms with Gasteiger partial charge in [-0.25, -0.2) is 0 Å². The fourth-order valence-corrected chi connectivity index (χ4v) is 2.08. The third-order valence-electron chi connectivity index (χ3n) is 2.97. The number of ether oxygens (including phenoxy) is 2. The van der Waals surface area contributed by atoms with Crippen LogP contribution in [0, 0.1) is 0 Å². The molecule has 0 amide bonds. The summed E-state index contributed by atoms with van der Waals surface area (Å²) in [5.41, 5.74) is 1.26. The van der Waals surface area contributed by atoms with Gasteiger partial charge in [0.25, 0.3) is 0 Å². The van der Waals surface area contributed by atoms with Gasteiger partial charge >= 0.3 is 0 Å². The monoisotopic (exact) mass is 220 g/mol. The summed E-state index contributed by atoms with van der Waals surface area (Å²) >= 11 is 0. The Morgan fingerprint density at radius 1 is 1.31 bits per heavy atom. The molecule has 1 heterocycles. The van der Waals surface area contributed by atoms with Gasteiger partial charge in [-0.1, -0.05) is 30.3 Å². The summed E-state index contributed by atoms with van der Waals surface area (Å²) in [6.45, 7) is 5.67. The summed E-state index contributed by atoms with van der Waals surface area (Å²) in [4.78, 5) is 0. The SMILES string of the molecule is CC1(C)CCC(COCc2ccccc2)O1. The summed E-state index contributed by atoms with van der Waals surface area (Å²) in [5.74, 6) is 0. The first-order valence-electron chi connectivity index (χ1n) is 5.95. The number of hydrogen-bond donors (Lipinski definition) is 0. The minimum Gasteiger partial charge on any atom is -0.374 e. The second-order valence-electron chi connectivity index (χ2n) is 5.04. The van der Waals surface area contributed by atoms with E-state index in [-0.39, 0.29) is 11.7 Å². The maximum atomic E-state index is 5.86. The summed E-state index contributed by atoms with van der Waals surface area (Å²) < 4.78 is 11.5. The molecule has 2 heteroatoms. The molecule has 0 saturated carbocycles. The first-order valence-corrected chi connectivity index (χ1v) is 5.95. The smallest absolute Gasteiger partial charge is 0.0817 e. The van der Waals surface area contributed by atoms with Gasteiger partial charge in [0.05, 0.1) is 24.9 Å². The first-order chi connectivity index (χ1) is 7.66. The van der Waals surface area contributed by atoms with E-state index in [1.54, 1.807) is 0 Å². The van der Waals surface area contributed by atoms with Gasteiger partial charge in [0.2, 0.25) is 0 Å². The number of rotatable bonds is 4. The molecule has 1 atom stereocenters. The molecule has 0 N–H and O–H groups in total. The van der Waals surface area contributed by atoms with Crippen LogP contribution < -0.4 is 0 Å². The van der Waals surface area contributed by atoms with E-state index in [0.29, 0.717) is 13.2 Å². The molecule has 1 aromatic carbocycles. The minimum absolute atomic E-state index is 0.0424. The Kier molecular flexibility index (Phi) is 3.62. The van der Waals surface area contributed by atoms with Crippen LogP contribution in [-0.2, 0) is 16.1 Å². The molecule has 1 saturated heterocycles. The molecule has 88 valence electrons. The second kappa shape index (κ2) is 4.98. The molecule has 1 aromatic rings. The topological polar surface area (TPSA) is 18.5 Å². The van der Waals surface area contributed by atoms with Crippen LogP contribution in [0.2, 0.25) is 0 Å².